The van der Waals surface area contributed by atoms with Gasteiger partial charge >= 0.3 is 0 Å². The Hall–Kier alpha value is -1.39. The van der Waals surface area contributed by atoms with Gasteiger partial charge in [0, 0.05) is 13.7 Å². The molecule has 1 amide bonds. The second kappa shape index (κ2) is 8.02. The van der Waals surface area contributed by atoms with Crippen LogP contribution in [0.1, 0.15) is 38.4 Å². The molecule has 3 N–H and O–H groups in total. The van der Waals surface area contributed by atoms with Crippen molar-refractivity contribution in [1.29, 1.82) is 0 Å². The highest BCUT2D eigenvalue weighted by atomic mass is 16.5. The van der Waals surface area contributed by atoms with Crippen LogP contribution in [0.5, 0.6) is 0 Å². The van der Waals surface area contributed by atoms with Crippen molar-refractivity contribution in [3.8, 4) is 0 Å². The van der Waals surface area contributed by atoms with Crippen LogP contribution in [0.2, 0.25) is 0 Å². The third-order valence-electron chi connectivity index (χ3n) is 4.15. The molecule has 0 saturated carbocycles. The van der Waals surface area contributed by atoms with E-state index in [-0.39, 0.29) is 11.3 Å². The van der Waals surface area contributed by atoms with Crippen LogP contribution in [0.15, 0.2) is 30.3 Å². The second-order valence-electron chi connectivity index (χ2n) is 5.16. The molecule has 0 aromatic heterocycles. The molecule has 0 heterocycles. The van der Waals surface area contributed by atoms with E-state index < -0.39 is 6.10 Å². The number of carbonyl (C=O) groups is 1. The Kier molecular flexibility index (Phi) is 6.68. The van der Waals surface area contributed by atoms with Gasteiger partial charge in [0.1, 0.15) is 0 Å². The van der Waals surface area contributed by atoms with Gasteiger partial charge in [-0.2, -0.15) is 0 Å². The van der Waals surface area contributed by atoms with Gasteiger partial charge in [0.2, 0.25) is 0 Å². The first-order chi connectivity index (χ1) is 9.62. The predicted molar refractivity (Wildman–Crippen MR) is 81.3 cm³/mol. The van der Waals surface area contributed by atoms with Crippen LogP contribution in [-0.2, 0) is 9.53 Å². The lowest BCUT2D eigenvalue weighted by atomic mass is 9.82. The van der Waals surface area contributed by atoms with Crippen LogP contribution in [0.25, 0.3) is 0 Å². The monoisotopic (exact) mass is 278 g/mol. The Labute approximate surface area is 121 Å². The molecule has 1 atom stereocenters. The molecule has 0 spiro atoms. The third kappa shape index (κ3) is 4.05. The van der Waals surface area contributed by atoms with Crippen molar-refractivity contribution in [1.82, 2.24) is 5.32 Å². The maximum Gasteiger partial charge on any atom is 0.253 e. The van der Waals surface area contributed by atoms with Gasteiger partial charge in [-0.3, -0.25) is 4.79 Å². The molecule has 1 unspecified atom stereocenters. The van der Waals surface area contributed by atoms with Crippen LogP contribution in [0.4, 0.5) is 0 Å². The summed E-state index contributed by atoms with van der Waals surface area (Å²) in [5, 5.41) is 2.98. The molecule has 0 aliphatic carbocycles. The number of methoxy groups -OCH3 is 1. The molecule has 0 fully saturated rings. The van der Waals surface area contributed by atoms with Gasteiger partial charge in [0.25, 0.3) is 5.91 Å². The number of hydrogen-bond acceptors (Lipinski definition) is 3. The minimum absolute atomic E-state index is 0.0232. The molecule has 0 saturated heterocycles. The number of ether oxygens (including phenoxy) is 1. The number of nitrogens with one attached hydrogen (secondary N) is 1. The Bertz CT molecular complexity index is 394. The zero-order valence-electron chi connectivity index (χ0n) is 12.7. The Morgan fingerprint density at radius 1 is 1.30 bits per heavy atom. The fraction of sp³-hybridized carbons (Fsp3) is 0.562. The quantitative estimate of drug-likeness (QED) is 0.766. The molecule has 0 bridgehead atoms. The number of rotatable bonds is 8. The maximum atomic E-state index is 12.3. The normalized spacial score (nSPS) is 13.0. The minimum Gasteiger partial charge on any atom is -0.367 e. The molecule has 0 aliphatic rings. The van der Waals surface area contributed by atoms with Gasteiger partial charge in [0.05, 0.1) is 0 Å². The Morgan fingerprint density at radius 3 is 2.35 bits per heavy atom. The molecule has 0 aliphatic heterocycles. The lowest BCUT2D eigenvalue weighted by Crippen LogP contribution is -2.43. The summed E-state index contributed by atoms with van der Waals surface area (Å²) in [4.78, 5) is 12.3. The van der Waals surface area contributed by atoms with Crippen LogP contribution in [0.3, 0.4) is 0 Å². The van der Waals surface area contributed by atoms with Gasteiger partial charge in [-0.15, -0.1) is 0 Å². The minimum atomic E-state index is -0.569. The summed E-state index contributed by atoms with van der Waals surface area (Å²) < 4.78 is 5.32. The van der Waals surface area contributed by atoms with Crippen LogP contribution < -0.4 is 11.1 Å². The highest BCUT2D eigenvalue weighted by Gasteiger charge is 2.27. The van der Waals surface area contributed by atoms with Crippen molar-refractivity contribution >= 4 is 5.91 Å². The van der Waals surface area contributed by atoms with E-state index in [4.69, 9.17) is 10.5 Å². The van der Waals surface area contributed by atoms with Crippen molar-refractivity contribution in [3.63, 3.8) is 0 Å². The number of benzene rings is 1. The lowest BCUT2D eigenvalue weighted by Gasteiger charge is -2.31. The molecular weight excluding hydrogens is 252 g/mol. The van der Waals surface area contributed by atoms with E-state index in [0.717, 1.165) is 18.4 Å². The largest absolute Gasteiger partial charge is 0.367 e. The highest BCUT2D eigenvalue weighted by molar-refractivity contribution is 5.82. The first-order valence-electron chi connectivity index (χ1n) is 7.18. The molecule has 4 heteroatoms. The van der Waals surface area contributed by atoms with Crippen LogP contribution >= 0.6 is 0 Å². The number of carbonyl (C=O) groups excluding carboxylic acids is 1. The number of hydrogen-bond donors (Lipinski definition) is 2. The summed E-state index contributed by atoms with van der Waals surface area (Å²) in [6, 6.07) is 9.50. The molecular formula is C16H26N2O2. The zero-order valence-corrected chi connectivity index (χ0v) is 12.7. The summed E-state index contributed by atoms with van der Waals surface area (Å²) >= 11 is 0. The van der Waals surface area contributed by atoms with E-state index in [2.05, 4.69) is 19.2 Å². The second-order valence-corrected chi connectivity index (χ2v) is 5.16. The third-order valence-corrected chi connectivity index (χ3v) is 4.15. The Balaban J connectivity index is 2.69. The zero-order chi connectivity index (χ0) is 15.0. The van der Waals surface area contributed by atoms with E-state index in [1.54, 1.807) is 7.11 Å². The molecule has 1 aromatic carbocycles. The van der Waals surface area contributed by atoms with Crippen LogP contribution in [0, 0.1) is 5.41 Å². The summed E-state index contributed by atoms with van der Waals surface area (Å²) in [6.45, 7) is 5.37. The van der Waals surface area contributed by atoms with E-state index in [9.17, 15) is 4.79 Å². The van der Waals surface area contributed by atoms with Crippen molar-refractivity contribution in [2.24, 2.45) is 11.1 Å². The summed E-state index contributed by atoms with van der Waals surface area (Å²) in [5.41, 5.74) is 6.69. The first-order valence-corrected chi connectivity index (χ1v) is 7.18. The van der Waals surface area contributed by atoms with E-state index in [1.165, 1.54) is 0 Å². The predicted octanol–water partition coefficient (Wildman–Crippen LogP) is 2.26. The fourth-order valence-electron chi connectivity index (χ4n) is 2.25. The average molecular weight is 278 g/mol. The smallest absolute Gasteiger partial charge is 0.253 e. The fourth-order valence-corrected chi connectivity index (χ4v) is 2.25. The molecule has 1 aromatic rings. The number of amides is 1. The topological polar surface area (TPSA) is 64.3 Å². The van der Waals surface area contributed by atoms with Gasteiger partial charge in [0.15, 0.2) is 6.10 Å². The molecule has 20 heavy (non-hydrogen) atoms. The van der Waals surface area contributed by atoms with Crippen molar-refractivity contribution in [3.05, 3.63) is 35.9 Å². The molecule has 1 rings (SSSR count). The van der Waals surface area contributed by atoms with E-state index in [0.29, 0.717) is 13.1 Å². The van der Waals surface area contributed by atoms with Gasteiger partial charge < -0.3 is 15.8 Å². The molecule has 4 nitrogen and oxygen atoms in total. The standard InChI is InChI=1S/C16H26N2O2/c1-4-16(5-2,11-17)12-18-15(19)14(20-3)13-9-7-6-8-10-13/h6-10,14H,4-5,11-12,17H2,1-3H3,(H,18,19). The van der Waals surface area contributed by atoms with Crippen molar-refractivity contribution < 1.29 is 9.53 Å². The van der Waals surface area contributed by atoms with E-state index in [1.807, 2.05) is 30.3 Å². The van der Waals surface area contributed by atoms with Gasteiger partial charge in [-0.05, 0) is 30.4 Å². The van der Waals surface area contributed by atoms with Crippen molar-refractivity contribution in [2.45, 2.75) is 32.8 Å². The summed E-state index contributed by atoms with van der Waals surface area (Å²) in [5.74, 6) is -0.113. The first kappa shape index (κ1) is 16.7. The van der Waals surface area contributed by atoms with Crippen molar-refractivity contribution in [2.75, 3.05) is 20.2 Å². The molecule has 112 valence electrons. The van der Waals surface area contributed by atoms with Gasteiger partial charge in [-0.1, -0.05) is 44.2 Å². The van der Waals surface area contributed by atoms with Gasteiger partial charge in [-0.25, -0.2) is 0 Å². The summed E-state index contributed by atoms with van der Waals surface area (Å²) in [6.07, 6.45) is 1.33. The lowest BCUT2D eigenvalue weighted by molar-refractivity contribution is -0.132. The van der Waals surface area contributed by atoms with Crippen LogP contribution in [-0.4, -0.2) is 26.1 Å². The SMILES string of the molecule is CCC(CC)(CN)CNC(=O)C(OC)c1ccccc1. The Morgan fingerprint density at radius 2 is 1.90 bits per heavy atom. The summed E-state index contributed by atoms with van der Waals surface area (Å²) in [7, 11) is 1.55. The van der Waals surface area contributed by atoms with E-state index >= 15 is 0 Å². The average Bonchev–Trinajstić information content (AvgIpc) is 2.51. The molecule has 0 radical (unpaired) electrons. The number of nitrogens with two attached hydrogens (primary N) is 1. The highest BCUT2D eigenvalue weighted by Crippen LogP contribution is 2.24. The maximum absolute atomic E-state index is 12.3.